The largest absolute Gasteiger partial charge is 0.493 e. The second kappa shape index (κ2) is 3.30. The average molecular weight is 196 g/mol. The highest BCUT2D eigenvalue weighted by molar-refractivity contribution is 5.36. The Bertz CT molecular complexity index is 332. The van der Waals surface area contributed by atoms with Crippen LogP contribution in [0.3, 0.4) is 0 Å². The Kier molecular flexibility index (Phi) is 2.61. The quantitative estimate of drug-likeness (QED) is 0.750. The summed E-state index contributed by atoms with van der Waals surface area (Å²) in [6, 6.07) is 0.199. The number of rotatable bonds is 1. The molecule has 0 atom stereocenters. The van der Waals surface area contributed by atoms with Crippen molar-refractivity contribution in [2.75, 3.05) is 0 Å². The fraction of sp³-hybridized carbons (Fsp3) is 0.727. The van der Waals surface area contributed by atoms with Crippen molar-refractivity contribution in [1.29, 1.82) is 0 Å². The van der Waals surface area contributed by atoms with Gasteiger partial charge in [-0.25, -0.2) is 4.68 Å². The summed E-state index contributed by atoms with van der Waals surface area (Å²) in [7, 11) is 0. The van der Waals surface area contributed by atoms with E-state index in [1.54, 1.807) is 4.68 Å². The van der Waals surface area contributed by atoms with Gasteiger partial charge in [-0.05, 0) is 26.2 Å². The van der Waals surface area contributed by atoms with Gasteiger partial charge in [0.15, 0.2) is 0 Å². The molecule has 1 aromatic heterocycles. The molecule has 1 N–H and O–H groups in total. The maximum atomic E-state index is 10.0. The first-order valence-corrected chi connectivity index (χ1v) is 5.03. The first-order chi connectivity index (χ1) is 6.25. The molecule has 0 spiro atoms. The average Bonchev–Trinajstić information content (AvgIpc) is 2.24. The van der Waals surface area contributed by atoms with E-state index < -0.39 is 0 Å². The van der Waals surface area contributed by atoms with E-state index in [0.717, 1.165) is 11.3 Å². The smallest absolute Gasteiger partial charge is 0.213 e. The second-order valence-electron chi connectivity index (χ2n) is 5.07. The maximum absolute atomic E-state index is 10.0. The highest BCUT2D eigenvalue weighted by Crippen LogP contribution is 2.34. The third-order valence-corrected chi connectivity index (χ3v) is 2.30. The van der Waals surface area contributed by atoms with E-state index in [1.807, 2.05) is 20.8 Å². The van der Waals surface area contributed by atoms with Crippen molar-refractivity contribution in [3.63, 3.8) is 0 Å². The molecule has 1 rings (SSSR count). The number of hydrogen-bond acceptors (Lipinski definition) is 2. The van der Waals surface area contributed by atoms with E-state index in [4.69, 9.17) is 0 Å². The predicted molar refractivity (Wildman–Crippen MR) is 57.7 cm³/mol. The molecule has 0 fully saturated rings. The second-order valence-corrected chi connectivity index (χ2v) is 5.07. The summed E-state index contributed by atoms with van der Waals surface area (Å²) in [4.78, 5) is 0. The number of aromatic hydroxyl groups is 1. The molecular weight excluding hydrogens is 176 g/mol. The molecule has 3 nitrogen and oxygen atoms in total. The molecule has 14 heavy (non-hydrogen) atoms. The van der Waals surface area contributed by atoms with Crippen LogP contribution >= 0.6 is 0 Å². The van der Waals surface area contributed by atoms with Crippen LogP contribution in [0.1, 0.15) is 51.9 Å². The van der Waals surface area contributed by atoms with Gasteiger partial charge in [0.05, 0.1) is 11.7 Å². The highest BCUT2D eigenvalue weighted by Gasteiger charge is 2.26. The van der Waals surface area contributed by atoms with E-state index in [-0.39, 0.29) is 11.5 Å². The molecule has 1 heterocycles. The Morgan fingerprint density at radius 2 is 1.79 bits per heavy atom. The van der Waals surface area contributed by atoms with E-state index in [1.165, 1.54) is 0 Å². The van der Waals surface area contributed by atoms with E-state index in [2.05, 4.69) is 25.9 Å². The fourth-order valence-corrected chi connectivity index (χ4v) is 1.77. The Hall–Kier alpha value is -0.990. The molecule has 0 unspecified atom stereocenters. The molecule has 0 saturated carbocycles. The normalized spacial score (nSPS) is 12.5. The summed E-state index contributed by atoms with van der Waals surface area (Å²) in [6.45, 7) is 12.2. The van der Waals surface area contributed by atoms with Crippen molar-refractivity contribution in [3.8, 4) is 5.88 Å². The SMILES string of the molecule is Cc1nn(C(C)C)c(O)c1C(C)(C)C. The van der Waals surface area contributed by atoms with Crippen LogP contribution in [0.4, 0.5) is 0 Å². The van der Waals surface area contributed by atoms with Gasteiger partial charge < -0.3 is 5.11 Å². The Labute approximate surface area is 85.8 Å². The Balaban J connectivity index is 3.33. The van der Waals surface area contributed by atoms with Crippen molar-refractivity contribution in [3.05, 3.63) is 11.3 Å². The monoisotopic (exact) mass is 196 g/mol. The van der Waals surface area contributed by atoms with Gasteiger partial charge in [-0.15, -0.1) is 0 Å². The van der Waals surface area contributed by atoms with Gasteiger partial charge in [-0.2, -0.15) is 5.10 Å². The summed E-state index contributed by atoms with van der Waals surface area (Å²) in [6.07, 6.45) is 0. The predicted octanol–water partition coefficient (Wildman–Crippen LogP) is 2.78. The number of hydrogen-bond donors (Lipinski definition) is 1. The zero-order valence-electron chi connectivity index (χ0n) is 9.92. The Morgan fingerprint density at radius 3 is 2.00 bits per heavy atom. The Morgan fingerprint density at radius 1 is 1.29 bits per heavy atom. The van der Waals surface area contributed by atoms with Crippen molar-refractivity contribution in [2.24, 2.45) is 0 Å². The molecule has 0 amide bonds. The van der Waals surface area contributed by atoms with Crippen molar-refractivity contribution in [2.45, 2.75) is 53.0 Å². The van der Waals surface area contributed by atoms with Crippen LogP contribution in [-0.2, 0) is 5.41 Å². The van der Waals surface area contributed by atoms with Gasteiger partial charge in [0, 0.05) is 5.56 Å². The molecule has 0 aliphatic rings. The lowest BCUT2D eigenvalue weighted by atomic mass is 9.87. The van der Waals surface area contributed by atoms with Crippen molar-refractivity contribution < 1.29 is 5.11 Å². The minimum Gasteiger partial charge on any atom is -0.493 e. The van der Waals surface area contributed by atoms with Gasteiger partial charge in [-0.3, -0.25) is 0 Å². The van der Waals surface area contributed by atoms with E-state index in [9.17, 15) is 5.11 Å². The lowest BCUT2D eigenvalue weighted by molar-refractivity contribution is 0.365. The lowest BCUT2D eigenvalue weighted by Crippen LogP contribution is -2.12. The molecule has 80 valence electrons. The third-order valence-electron chi connectivity index (χ3n) is 2.30. The summed E-state index contributed by atoms with van der Waals surface area (Å²) in [5, 5.41) is 14.4. The zero-order valence-corrected chi connectivity index (χ0v) is 9.92. The van der Waals surface area contributed by atoms with Crippen LogP contribution in [0.25, 0.3) is 0 Å². The summed E-state index contributed by atoms with van der Waals surface area (Å²) >= 11 is 0. The standard InChI is InChI=1S/C11H20N2O/c1-7(2)13-10(14)9(8(3)12-13)11(4,5)6/h7,14H,1-6H3. The minimum absolute atomic E-state index is 0.0543. The highest BCUT2D eigenvalue weighted by atomic mass is 16.3. The molecule has 0 aliphatic heterocycles. The van der Waals surface area contributed by atoms with Crippen molar-refractivity contribution in [1.82, 2.24) is 9.78 Å². The van der Waals surface area contributed by atoms with Crippen LogP contribution in [0.15, 0.2) is 0 Å². The van der Waals surface area contributed by atoms with Crippen LogP contribution in [0.2, 0.25) is 0 Å². The minimum atomic E-state index is -0.0543. The first kappa shape index (κ1) is 11.1. The molecule has 0 radical (unpaired) electrons. The van der Waals surface area contributed by atoms with Crippen LogP contribution in [0.5, 0.6) is 5.88 Å². The van der Waals surface area contributed by atoms with Gasteiger partial charge >= 0.3 is 0 Å². The zero-order chi connectivity index (χ0) is 11.1. The maximum Gasteiger partial charge on any atom is 0.213 e. The molecule has 0 bridgehead atoms. The molecular formula is C11H20N2O. The fourth-order valence-electron chi connectivity index (χ4n) is 1.77. The van der Waals surface area contributed by atoms with Crippen LogP contribution in [-0.4, -0.2) is 14.9 Å². The number of aryl methyl sites for hydroxylation is 1. The number of nitrogens with zero attached hydrogens (tertiary/aromatic N) is 2. The van der Waals surface area contributed by atoms with E-state index in [0.29, 0.717) is 5.88 Å². The third kappa shape index (κ3) is 1.76. The summed E-state index contributed by atoms with van der Waals surface area (Å²) < 4.78 is 1.68. The molecule has 0 saturated heterocycles. The molecule has 3 heteroatoms. The first-order valence-electron chi connectivity index (χ1n) is 5.03. The van der Waals surface area contributed by atoms with Gasteiger partial charge in [-0.1, -0.05) is 20.8 Å². The topological polar surface area (TPSA) is 38.0 Å². The molecule has 1 aromatic rings. The molecule has 0 aliphatic carbocycles. The van der Waals surface area contributed by atoms with Gasteiger partial charge in [0.1, 0.15) is 0 Å². The number of aromatic nitrogens is 2. The van der Waals surface area contributed by atoms with Crippen molar-refractivity contribution >= 4 is 0 Å². The van der Waals surface area contributed by atoms with Crippen LogP contribution < -0.4 is 0 Å². The summed E-state index contributed by atoms with van der Waals surface area (Å²) in [5.41, 5.74) is 1.82. The molecule has 0 aromatic carbocycles. The van der Waals surface area contributed by atoms with Crippen LogP contribution in [0, 0.1) is 6.92 Å². The lowest BCUT2D eigenvalue weighted by Gasteiger charge is -2.18. The van der Waals surface area contributed by atoms with Gasteiger partial charge in [0.25, 0.3) is 0 Å². The van der Waals surface area contributed by atoms with Gasteiger partial charge in [0.2, 0.25) is 5.88 Å². The van der Waals surface area contributed by atoms with E-state index >= 15 is 0 Å². The summed E-state index contributed by atoms with van der Waals surface area (Å²) in [5.74, 6) is 0.310.